The van der Waals surface area contributed by atoms with Crippen LogP contribution in [0.2, 0.25) is 5.02 Å². The fourth-order valence-corrected chi connectivity index (χ4v) is 5.09. The number of nitriles is 1. The molecule has 0 aliphatic carbocycles. The Balaban J connectivity index is 1.50. The van der Waals surface area contributed by atoms with Gasteiger partial charge >= 0.3 is 6.55 Å². The van der Waals surface area contributed by atoms with Crippen LogP contribution >= 0.6 is 11.6 Å². The number of likely N-dealkylation sites (tertiary alicyclic amines) is 1. The van der Waals surface area contributed by atoms with Crippen LogP contribution in [0.3, 0.4) is 0 Å². The van der Waals surface area contributed by atoms with Gasteiger partial charge < -0.3 is 14.7 Å². The molecule has 5 rings (SSSR count). The number of hydrogen-bond donors (Lipinski definition) is 1. The molecule has 1 aliphatic rings. The first-order valence-corrected chi connectivity index (χ1v) is 12.4. The summed E-state index contributed by atoms with van der Waals surface area (Å²) in [4.78, 5) is 10.0. The van der Waals surface area contributed by atoms with Gasteiger partial charge in [0.25, 0.3) is 0 Å². The lowest BCUT2D eigenvalue weighted by molar-refractivity contribution is 0.00413. The van der Waals surface area contributed by atoms with E-state index in [1.165, 1.54) is 13.1 Å². The molecule has 1 N–H and O–H groups in total. The van der Waals surface area contributed by atoms with Crippen molar-refractivity contribution in [1.29, 1.82) is 5.26 Å². The van der Waals surface area contributed by atoms with Crippen LogP contribution < -0.4 is 4.74 Å². The topological polar surface area (TPSA) is 118 Å². The molecule has 10 nitrogen and oxygen atoms in total. The molecule has 4 heterocycles. The maximum absolute atomic E-state index is 13.8. The number of piperidine rings is 1. The van der Waals surface area contributed by atoms with Crippen molar-refractivity contribution < 1.29 is 18.6 Å². The molecular formula is C25H25ClF2N8O2. The van der Waals surface area contributed by atoms with E-state index in [1.807, 2.05) is 11.6 Å². The smallest absolute Gasteiger partial charge is 0.320 e. The molecule has 0 bridgehead atoms. The summed E-state index contributed by atoms with van der Waals surface area (Å²) in [5.41, 5.74) is 0.911. The predicted octanol–water partition coefficient (Wildman–Crippen LogP) is 4.45. The predicted molar refractivity (Wildman–Crippen MR) is 135 cm³/mol. The highest BCUT2D eigenvalue weighted by Gasteiger charge is 2.30. The first kappa shape index (κ1) is 25.8. The third-order valence-corrected chi connectivity index (χ3v) is 7.08. The maximum atomic E-state index is 13.8. The van der Waals surface area contributed by atoms with E-state index in [2.05, 4.69) is 26.5 Å². The molecule has 0 amide bonds. The zero-order valence-corrected chi connectivity index (χ0v) is 21.5. The molecule has 4 aromatic rings. The van der Waals surface area contributed by atoms with E-state index in [1.54, 1.807) is 29.2 Å². The highest BCUT2D eigenvalue weighted by molar-refractivity contribution is 6.31. The number of nitrogens with zero attached hydrogens (tertiary/aromatic N) is 8. The zero-order chi connectivity index (χ0) is 27.0. The summed E-state index contributed by atoms with van der Waals surface area (Å²) in [6.45, 7) is 1.51. The molecule has 0 spiro atoms. The highest BCUT2D eigenvalue weighted by atomic mass is 35.5. The molecular weight excluding hydrogens is 518 g/mol. The molecule has 1 fully saturated rings. The molecule has 38 heavy (non-hydrogen) atoms. The number of fused-ring (bicyclic) bond motifs is 1. The zero-order valence-electron chi connectivity index (χ0n) is 20.7. The van der Waals surface area contributed by atoms with Gasteiger partial charge in [-0.2, -0.15) is 14.0 Å². The number of hydrogen-bond acceptors (Lipinski definition) is 8. The Kier molecular flexibility index (Phi) is 6.90. The van der Waals surface area contributed by atoms with Gasteiger partial charge in [-0.15, -0.1) is 5.10 Å². The van der Waals surface area contributed by atoms with Gasteiger partial charge in [0.2, 0.25) is 0 Å². The average molecular weight is 543 g/mol. The molecule has 13 heteroatoms. The molecule has 1 aromatic carbocycles. The first-order valence-electron chi connectivity index (χ1n) is 12.0. The second kappa shape index (κ2) is 10.2. The Labute approximate surface area is 222 Å². The molecule has 1 saturated heterocycles. The number of rotatable bonds is 7. The fourth-order valence-electron chi connectivity index (χ4n) is 4.76. The number of pyridine rings is 1. The summed E-state index contributed by atoms with van der Waals surface area (Å²) in [7, 11) is 0. The Bertz CT molecular complexity index is 1510. The van der Waals surface area contributed by atoms with Crippen LogP contribution in [-0.4, -0.2) is 59.2 Å². The van der Waals surface area contributed by atoms with Crippen molar-refractivity contribution in [2.45, 2.75) is 44.9 Å². The second-order valence-corrected chi connectivity index (χ2v) is 9.86. The van der Waals surface area contributed by atoms with Gasteiger partial charge in [0, 0.05) is 24.8 Å². The summed E-state index contributed by atoms with van der Waals surface area (Å²) in [6, 6.07) is 6.59. The number of ether oxygens (including phenoxy) is 1. The first-order chi connectivity index (χ1) is 18.2. The van der Waals surface area contributed by atoms with Crippen molar-refractivity contribution in [1.82, 2.24) is 34.4 Å². The van der Waals surface area contributed by atoms with Crippen LogP contribution in [0, 0.1) is 18.4 Å². The van der Waals surface area contributed by atoms with Crippen molar-refractivity contribution in [2.24, 2.45) is 0 Å². The van der Waals surface area contributed by atoms with Gasteiger partial charge in [-0.3, -0.25) is 9.55 Å². The molecule has 0 saturated carbocycles. The monoisotopic (exact) mass is 542 g/mol. The summed E-state index contributed by atoms with van der Waals surface area (Å²) in [5.74, 6) is 0.0962. The van der Waals surface area contributed by atoms with E-state index in [4.69, 9.17) is 21.6 Å². The molecule has 1 atom stereocenters. The minimum atomic E-state index is -2.85. The van der Waals surface area contributed by atoms with Crippen LogP contribution in [0.4, 0.5) is 8.78 Å². The second-order valence-electron chi connectivity index (χ2n) is 9.45. The Hall–Kier alpha value is -3.82. The molecule has 0 radical (unpaired) electrons. The Morgan fingerprint density at radius 2 is 2.05 bits per heavy atom. The van der Waals surface area contributed by atoms with E-state index < -0.39 is 12.2 Å². The van der Waals surface area contributed by atoms with E-state index in [-0.39, 0.29) is 40.1 Å². The SMILES string of the molecule is Cc1c(-c2cc(OCC(C)(O)c3ncccc3Cl)c3c(c2)ncn3C(F)F)nnn1C1CCN(C#N)CC1. The van der Waals surface area contributed by atoms with Gasteiger partial charge in [0.1, 0.15) is 35.5 Å². The maximum Gasteiger partial charge on any atom is 0.320 e. The van der Waals surface area contributed by atoms with Crippen LogP contribution in [-0.2, 0) is 5.60 Å². The van der Waals surface area contributed by atoms with Gasteiger partial charge in [-0.25, -0.2) is 9.67 Å². The Morgan fingerprint density at radius 3 is 2.74 bits per heavy atom. The third kappa shape index (κ3) is 4.75. The summed E-state index contributed by atoms with van der Waals surface area (Å²) < 4.78 is 36.1. The average Bonchev–Trinajstić information content (AvgIpc) is 3.51. The summed E-state index contributed by atoms with van der Waals surface area (Å²) in [5, 5.41) is 29.2. The lowest BCUT2D eigenvalue weighted by Gasteiger charge is -2.28. The van der Waals surface area contributed by atoms with Crippen LogP contribution in [0.15, 0.2) is 36.8 Å². The van der Waals surface area contributed by atoms with Gasteiger partial charge in [-0.05, 0) is 51.0 Å². The number of halogens is 3. The van der Waals surface area contributed by atoms with Gasteiger partial charge in [0.05, 0.1) is 28.0 Å². The third-order valence-electron chi connectivity index (χ3n) is 6.77. The standard InChI is InChI=1S/C25H25ClF2N8O2/c1-15-21(32-33-36(15)17-5-8-34(13-29)9-6-17)16-10-19-22(35(14-31-19)24(27)28)20(11-16)38-12-25(2,37)23-18(26)4-3-7-30-23/h3-4,7,10-11,14,17,24,37H,5-6,8-9,12H2,1-2H3. The molecule has 3 aromatic heterocycles. The summed E-state index contributed by atoms with van der Waals surface area (Å²) >= 11 is 6.21. The highest BCUT2D eigenvalue weighted by Crippen LogP contribution is 2.37. The van der Waals surface area contributed by atoms with Gasteiger partial charge in [-0.1, -0.05) is 16.8 Å². The van der Waals surface area contributed by atoms with Crippen LogP contribution in [0.25, 0.3) is 22.3 Å². The molecule has 1 aliphatic heterocycles. The van der Waals surface area contributed by atoms with E-state index in [0.29, 0.717) is 28.9 Å². The van der Waals surface area contributed by atoms with Crippen molar-refractivity contribution >= 4 is 22.6 Å². The summed E-state index contributed by atoms with van der Waals surface area (Å²) in [6.07, 6.45) is 6.24. The minimum Gasteiger partial charge on any atom is -0.488 e. The van der Waals surface area contributed by atoms with Crippen molar-refractivity contribution in [3.63, 3.8) is 0 Å². The Morgan fingerprint density at radius 1 is 1.29 bits per heavy atom. The minimum absolute atomic E-state index is 0.0839. The fraction of sp³-hybridized carbons (Fsp3) is 0.400. The van der Waals surface area contributed by atoms with Crippen molar-refractivity contribution in [3.8, 4) is 23.2 Å². The number of alkyl halides is 2. The van der Waals surface area contributed by atoms with Gasteiger partial charge in [0.15, 0.2) is 6.19 Å². The quantitative estimate of drug-likeness (QED) is 0.340. The van der Waals surface area contributed by atoms with E-state index in [0.717, 1.165) is 24.9 Å². The molecule has 1 unspecified atom stereocenters. The van der Waals surface area contributed by atoms with Crippen LogP contribution in [0.1, 0.15) is 43.7 Å². The van der Waals surface area contributed by atoms with Crippen LogP contribution in [0.5, 0.6) is 5.75 Å². The normalized spacial score (nSPS) is 16.1. The number of aromatic nitrogens is 6. The van der Waals surface area contributed by atoms with E-state index in [9.17, 15) is 13.9 Å². The number of benzene rings is 1. The lowest BCUT2D eigenvalue weighted by Crippen LogP contribution is -2.31. The van der Waals surface area contributed by atoms with E-state index >= 15 is 0 Å². The lowest BCUT2D eigenvalue weighted by atomic mass is 10.0. The number of aliphatic hydroxyl groups is 1. The van der Waals surface area contributed by atoms with Crippen molar-refractivity contribution in [3.05, 3.63) is 53.2 Å². The number of imidazole rings is 1. The largest absolute Gasteiger partial charge is 0.488 e. The van der Waals surface area contributed by atoms with Crippen molar-refractivity contribution in [2.75, 3.05) is 19.7 Å². The molecule has 198 valence electrons.